The molecule has 0 unspecified atom stereocenters. The van der Waals surface area contributed by atoms with E-state index < -0.39 is 0 Å². The minimum atomic E-state index is -0.0921. The fraction of sp³-hybridized carbons (Fsp3) is 0.0513. The number of hydrogen-bond acceptors (Lipinski definition) is 4. The Balaban J connectivity index is 1.15. The lowest BCUT2D eigenvalue weighted by Gasteiger charge is -2.10. The molecule has 0 aliphatic carbocycles. The molecule has 0 atom stereocenters. The lowest BCUT2D eigenvalue weighted by molar-refractivity contribution is -0.113. The Hall–Kier alpha value is -5.61. The highest BCUT2D eigenvalue weighted by Crippen LogP contribution is 2.30. The first kappa shape index (κ1) is 28.9. The van der Waals surface area contributed by atoms with Gasteiger partial charge in [0, 0.05) is 5.57 Å². The number of carbonyl (C=O) groups is 1. The number of rotatable bonds is 11. The molecule has 0 radical (unpaired) electrons. The molecule has 0 fully saturated rings. The molecule has 0 saturated carbocycles. The van der Waals surface area contributed by atoms with Gasteiger partial charge in [0.15, 0.2) is 5.78 Å². The van der Waals surface area contributed by atoms with E-state index in [1.54, 1.807) is 12.2 Å². The fourth-order valence-corrected chi connectivity index (χ4v) is 4.24. The molecule has 0 heterocycles. The summed E-state index contributed by atoms with van der Waals surface area (Å²) < 4.78 is 17.8. The van der Waals surface area contributed by atoms with E-state index in [2.05, 4.69) is 32.2 Å². The second kappa shape index (κ2) is 13.4. The van der Waals surface area contributed by atoms with Crippen LogP contribution < -0.4 is 14.2 Å². The topological polar surface area (TPSA) is 44.8 Å². The second-order valence-electron chi connectivity index (χ2n) is 10.1. The quantitative estimate of drug-likeness (QED) is 0.0909. The van der Waals surface area contributed by atoms with E-state index in [0.29, 0.717) is 17.1 Å². The van der Waals surface area contributed by atoms with Crippen molar-refractivity contribution in [1.29, 1.82) is 0 Å². The standard InChI is InChI=1S/C39H32O4/c1-27-5-17-36(18-6-27)42-37-21-11-33(12-22-37)34-15-25-39(26-16-34)43-38-23-13-32(14-24-38)31-9-19-35(20-10-31)41-29(3)8-7-28(2)30(4)40/h5-26H,2-3H2,1,4H3/b8-7-. The summed E-state index contributed by atoms with van der Waals surface area (Å²) in [4.78, 5) is 11.3. The molecule has 0 saturated heterocycles. The van der Waals surface area contributed by atoms with E-state index in [4.69, 9.17) is 14.2 Å². The van der Waals surface area contributed by atoms with Gasteiger partial charge in [0.1, 0.15) is 34.5 Å². The molecule has 5 aromatic rings. The maximum Gasteiger partial charge on any atom is 0.159 e. The molecular formula is C39H32O4. The highest BCUT2D eigenvalue weighted by molar-refractivity contribution is 5.95. The van der Waals surface area contributed by atoms with Crippen molar-refractivity contribution in [3.63, 3.8) is 0 Å². The molecule has 0 aromatic heterocycles. The van der Waals surface area contributed by atoms with Crippen LogP contribution in [0.4, 0.5) is 0 Å². The highest BCUT2D eigenvalue weighted by Gasteiger charge is 2.05. The first-order valence-corrected chi connectivity index (χ1v) is 13.9. The number of aryl methyl sites for hydroxylation is 1. The monoisotopic (exact) mass is 564 g/mol. The maximum absolute atomic E-state index is 11.3. The smallest absolute Gasteiger partial charge is 0.159 e. The first-order valence-electron chi connectivity index (χ1n) is 13.9. The first-order chi connectivity index (χ1) is 20.8. The predicted molar refractivity (Wildman–Crippen MR) is 174 cm³/mol. The van der Waals surface area contributed by atoms with Crippen LogP contribution >= 0.6 is 0 Å². The van der Waals surface area contributed by atoms with Crippen molar-refractivity contribution in [3.05, 3.63) is 164 Å². The van der Waals surface area contributed by atoms with Crippen molar-refractivity contribution in [3.8, 4) is 51.0 Å². The molecule has 4 nitrogen and oxygen atoms in total. The maximum atomic E-state index is 11.3. The van der Waals surface area contributed by atoms with E-state index in [9.17, 15) is 4.79 Å². The van der Waals surface area contributed by atoms with Crippen LogP contribution in [0.15, 0.2) is 158 Å². The Morgan fingerprint density at radius 1 is 0.512 bits per heavy atom. The summed E-state index contributed by atoms with van der Waals surface area (Å²) in [7, 11) is 0. The van der Waals surface area contributed by atoms with Gasteiger partial charge in [-0.05, 0) is 109 Å². The molecule has 5 rings (SSSR count). The summed E-state index contributed by atoms with van der Waals surface area (Å²) >= 11 is 0. The van der Waals surface area contributed by atoms with E-state index in [1.807, 2.05) is 109 Å². The molecule has 43 heavy (non-hydrogen) atoms. The van der Waals surface area contributed by atoms with Gasteiger partial charge in [0.2, 0.25) is 0 Å². The van der Waals surface area contributed by atoms with E-state index in [-0.39, 0.29) is 5.78 Å². The van der Waals surface area contributed by atoms with Crippen molar-refractivity contribution in [2.24, 2.45) is 0 Å². The summed E-state index contributed by atoms with van der Waals surface area (Å²) in [5.74, 6) is 4.12. The van der Waals surface area contributed by atoms with E-state index in [0.717, 1.165) is 45.3 Å². The van der Waals surface area contributed by atoms with Crippen LogP contribution in [0.3, 0.4) is 0 Å². The third kappa shape index (κ3) is 7.99. The molecule has 0 bridgehead atoms. The number of hydrogen-bond donors (Lipinski definition) is 0. The Morgan fingerprint density at radius 2 is 0.837 bits per heavy atom. The predicted octanol–water partition coefficient (Wildman–Crippen LogP) is 10.5. The molecule has 0 aliphatic heterocycles. The van der Waals surface area contributed by atoms with Gasteiger partial charge in [-0.15, -0.1) is 0 Å². The summed E-state index contributed by atoms with van der Waals surface area (Å²) in [5, 5.41) is 0. The molecule has 0 spiro atoms. The number of benzene rings is 5. The highest BCUT2D eigenvalue weighted by atomic mass is 16.5. The van der Waals surface area contributed by atoms with Crippen LogP contribution in [0, 0.1) is 6.92 Å². The van der Waals surface area contributed by atoms with E-state index in [1.165, 1.54) is 12.5 Å². The molecule has 4 heteroatoms. The SMILES string of the molecule is C=C(/C=C\C(=C)C(C)=O)Oc1ccc(-c2ccc(Oc3ccc(-c4ccc(Oc5ccc(C)cc5)cc4)cc3)cc2)cc1. The third-order valence-corrected chi connectivity index (χ3v) is 6.75. The largest absolute Gasteiger partial charge is 0.458 e. The average molecular weight is 565 g/mol. The number of ether oxygens (including phenoxy) is 3. The number of ketones is 1. The van der Waals surface area contributed by atoms with Gasteiger partial charge >= 0.3 is 0 Å². The molecule has 0 amide bonds. The van der Waals surface area contributed by atoms with Crippen LogP contribution in [0.2, 0.25) is 0 Å². The van der Waals surface area contributed by atoms with Crippen molar-refractivity contribution in [1.82, 2.24) is 0 Å². The zero-order valence-corrected chi connectivity index (χ0v) is 24.2. The number of carbonyl (C=O) groups excluding carboxylic acids is 1. The zero-order valence-electron chi connectivity index (χ0n) is 24.2. The number of allylic oxidation sites excluding steroid dienone is 3. The number of Topliss-reactive ketones (excluding diaryl/α,β-unsaturated/α-hetero) is 1. The van der Waals surface area contributed by atoms with Gasteiger partial charge < -0.3 is 14.2 Å². The zero-order chi connectivity index (χ0) is 30.2. The summed E-state index contributed by atoms with van der Waals surface area (Å²) in [5.41, 5.74) is 5.90. The fourth-order valence-electron chi connectivity index (χ4n) is 4.24. The molecule has 0 aliphatic rings. The van der Waals surface area contributed by atoms with Crippen molar-refractivity contribution in [2.45, 2.75) is 13.8 Å². The second-order valence-corrected chi connectivity index (χ2v) is 10.1. The Labute approximate surface area is 252 Å². The van der Waals surface area contributed by atoms with Crippen molar-refractivity contribution >= 4 is 5.78 Å². The van der Waals surface area contributed by atoms with Crippen LogP contribution in [-0.2, 0) is 4.79 Å². The summed E-state index contributed by atoms with van der Waals surface area (Å²) in [6.07, 6.45) is 3.23. The van der Waals surface area contributed by atoms with Crippen LogP contribution in [0.25, 0.3) is 22.3 Å². The molecule has 0 N–H and O–H groups in total. The van der Waals surface area contributed by atoms with Gasteiger partial charge in [-0.2, -0.15) is 0 Å². The van der Waals surface area contributed by atoms with Gasteiger partial charge in [-0.3, -0.25) is 4.79 Å². The van der Waals surface area contributed by atoms with Crippen molar-refractivity contribution in [2.75, 3.05) is 0 Å². The Bertz CT molecular complexity index is 1740. The normalized spacial score (nSPS) is 10.7. The molecule has 5 aromatic carbocycles. The average Bonchev–Trinajstić information content (AvgIpc) is 3.02. The summed E-state index contributed by atoms with van der Waals surface area (Å²) in [6.45, 7) is 11.1. The Kier molecular flexibility index (Phi) is 8.99. The van der Waals surface area contributed by atoms with Gasteiger partial charge in [-0.1, -0.05) is 79.4 Å². The lowest BCUT2D eigenvalue weighted by atomic mass is 10.1. The van der Waals surface area contributed by atoms with Gasteiger partial charge in [0.25, 0.3) is 0 Å². The summed E-state index contributed by atoms with van der Waals surface area (Å²) in [6, 6.07) is 39.8. The minimum absolute atomic E-state index is 0.0921. The Morgan fingerprint density at radius 3 is 1.19 bits per heavy atom. The lowest BCUT2D eigenvalue weighted by Crippen LogP contribution is -1.93. The van der Waals surface area contributed by atoms with Crippen LogP contribution in [0.1, 0.15) is 12.5 Å². The van der Waals surface area contributed by atoms with E-state index >= 15 is 0 Å². The van der Waals surface area contributed by atoms with Crippen molar-refractivity contribution < 1.29 is 19.0 Å². The van der Waals surface area contributed by atoms with Crippen LogP contribution in [0.5, 0.6) is 28.7 Å². The van der Waals surface area contributed by atoms with Gasteiger partial charge in [-0.25, -0.2) is 0 Å². The third-order valence-electron chi connectivity index (χ3n) is 6.75. The molecule has 212 valence electrons. The molecular weight excluding hydrogens is 532 g/mol. The van der Waals surface area contributed by atoms with Crippen LogP contribution in [-0.4, -0.2) is 5.78 Å². The minimum Gasteiger partial charge on any atom is -0.458 e. The van der Waals surface area contributed by atoms with Gasteiger partial charge in [0.05, 0.1) is 0 Å².